The third-order valence-corrected chi connectivity index (χ3v) is 3.36. The van der Waals surface area contributed by atoms with Crippen LogP contribution in [0.3, 0.4) is 0 Å². The summed E-state index contributed by atoms with van der Waals surface area (Å²) in [5.74, 6) is 0. The molecule has 0 amide bonds. The maximum atomic E-state index is 10.4. The van der Waals surface area contributed by atoms with Crippen molar-refractivity contribution < 1.29 is 5.11 Å². The zero-order valence-corrected chi connectivity index (χ0v) is 10.0. The SMILES string of the molecule is OC(c1cnnn1-c1ccccc1)C1CCCN1. The number of hydrogen-bond acceptors (Lipinski definition) is 4. The Kier molecular flexibility index (Phi) is 3.08. The molecule has 5 heteroatoms. The Morgan fingerprint density at radius 3 is 2.89 bits per heavy atom. The van der Waals surface area contributed by atoms with Crippen molar-refractivity contribution in [3.8, 4) is 5.69 Å². The molecule has 0 bridgehead atoms. The van der Waals surface area contributed by atoms with E-state index in [0.717, 1.165) is 30.8 Å². The number of nitrogens with zero attached hydrogens (tertiary/aromatic N) is 3. The van der Waals surface area contributed by atoms with Gasteiger partial charge < -0.3 is 10.4 Å². The van der Waals surface area contributed by atoms with Crippen LogP contribution in [0, 0.1) is 0 Å². The Hall–Kier alpha value is -1.72. The monoisotopic (exact) mass is 244 g/mol. The summed E-state index contributed by atoms with van der Waals surface area (Å²) >= 11 is 0. The molecule has 0 saturated carbocycles. The summed E-state index contributed by atoms with van der Waals surface area (Å²) in [5.41, 5.74) is 1.66. The molecule has 2 atom stereocenters. The van der Waals surface area contributed by atoms with Crippen molar-refractivity contribution in [2.45, 2.75) is 25.0 Å². The van der Waals surface area contributed by atoms with Gasteiger partial charge in [-0.2, -0.15) is 0 Å². The van der Waals surface area contributed by atoms with Crippen molar-refractivity contribution in [2.24, 2.45) is 0 Å². The van der Waals surface area contributed by atoms with Gasteiger partial charge in [0.15, 0.2) is 0 Å². The van der Waals surface area contributed by atoms with Crippen LogP contribution in [0.1, 0.15) is 24.6 Å². The first-order valence-electron chi connectivity index (χ1n) is 6.24. The largest absolute Gasteiger partial charge is 0.385 e. The van der Waals surface area contributed by atoms with E-state index in [4.69, 9.17) is 0 Å². The zero-order chi connectivity index (χ0) is 12.4. The molecule has 1 fully saturated rings. The number of rotatable bonds is 3. The molecule has 1 aromatic carbocycles. The molecule has 2 unspecified atom stereocenters. The van der Waals surface area contributed by atoms with Gasteiger partial charge in [-0.3, -0.25) is 0 Å². The molecule has 5 nitrogen and oxygen atoms in total. The Balaban J connectivity index is 1.91. The van der Waals surface area contributed by atoms with Crippen LogP contribution in [0.4, 0.5) is 0 Å². The highest BCUT2D eigenvalue weighted by Gasteiger charge is 2.27. The molecule has 0 aliphatic carbocycles. The maximum Gasteiger partial charge on any atom is 0.113 e. The minimum Gasteiger partial charge on any atom is -0.385 e. The first kappa shape index (κ1) is 11.4. The molecule has 18 heavy (non-hydrogen) atoms. The summed E-state index contributed by atoms with van der Waals surface area (Å²) in [7, 11) is 0. The van der Waals surface area contributed by atoms with Gasteiger partial charge in [-0.15, -0.1) is 5.10 Å². The Bertz CT molecular complexity index is 505. The van der Waals surface area contributed by atoms with E-state index in [2.05, 4.69) is 15.6 Å². The van der Waals surface area contributed by atoms with E-state index in [0.29, 0.717) is 0 Å². The molecule has 0 radical (unpaired) electrons. The molecule has 2 N–H and O–H groups in total. The smallest absolute Gasteiger partial charge is 0.113 e. The highest BCUT2D eigenvalue weighted by molar-refractivity contribution is 5.32. The predicted molar refractivity (Wildman–Crippen MR) is 67.3 cm³/mol. The molecule has 1 aliphatic rings. The van der Waals surface area contributed by atoms with Crippen molar-refractivity contribution in [1.29, 1.82) is 0 Å². The van der Waals surface area contributed by atoms with Crippen LogP contribution in [0.15, 0.2) is 36.5 Å². The Morgan fingerprint density at radius 2 is 2.17 bits per heavy atom. The third kappa shape index (κ3) is 2.02. The number of benzene rings is 1. The van der Waals surface area contributed by atoms with Gasteiger partial charge in [0.1, 0.15) is 6.10 Å². The fourth-order valence-electron chi connectivity index (χ4n) is 2.40. The van der Waals surface area contributed by atoms with Crippen LogP contribution in [-0.4, -0.2) is 32.7 Å². The van der Waals surface area contributed by atoms with Gasteiger partial charge in [-0.1, -0.05) is 23.4 Å². The van der Waals surface area contributed by atoms with Crippen LogP contribution < -0.4 is 5.32 Å². The Morgan fingerprint density at radius 1 is 1.33 bits per heavy atom. The average molecular weight is 244 g/mol. The molecule has 2 heterocycles. The van der Waals surface area contributed by atoms with Gasteiger partial charge >= 0.3 is 0 Å². The minimum absolute atomic E-state index is 0.103. The van der Waals surface area contributed by atoms with Gasteiger partial charge in [-0.25, -0.2) is 4.68 Å². The topological polar surface area (TPSA) is 63.0 Å². The van der Waals surface area contributed by atoms with E-state index in [9.17, 15) is 5.11 Å². The molecule has 1 aliphatic heterocycles. The molecular formula is C13H16N4O. The van der Waals surface area contributed by atoms with Gasteiger partial charge in [-0.05, 0) is 31.5 Å². The minimum atomic E-state index is -0.567. The second-order valence-corrected chi connectivity index (χ2v) is 4.55. The van der Waals surface area contributed by atoms with E-state index in [-0.39, 0.29) is 6.04 Å². The summed E-state index contributed by atoms with van der Waals surface area (Å²) in [4.78, 5) is 0. The quantitative estimate of drug-likeness (QED) is 0.847. The van der Waals surface area contributed by atoms with E-state index in [1.165, 1.54) is 0 Å². The van der Waals surface area contributed by atoms with E-state index in [1.807, 2.05) is 30.3 Å². The van der Waals surface area contributed by atoms with Crippen molar-refractivity contribution in [2.75, 3.05) is 6.54 Å². The fraction of sp³-hybridized carbons (Fsp3) is 0.385. The third-order valence-electron chi connectivity index (χ3n) is 3.36. The predicted octanol–water partition coefficient (Wildman–Crippen LogP) is 1.05. The van der Waals surface area contributed by atoms with Crippen LogP contribution in [0.25, 0.3) is 5.69 Å². The summed E-state index contributed by atoms with van der Waals surface area (Å²) in [5, 5.41) is 21.7. The molecule has 1 saturated heterocycles. The lowest BCUT2D eigenvalue weighted by Crippen LogP contribution is -2.30. The Labute approximate surface area is 105 Å². The van der Waals surface area contributed by atoms with Gasteiger partial charge in [0.25, 0.3) is 0 Å². The summed E-state index contributed by atoms with van der Waals surface area (Å²) in [6, 6.07) is 9.85. The molecule has 3 rings (SSSR count). The first-order valence-corrected chi connectivity index (χ1v) is 6.24. The van der Waals surface area contributed by atoms with E-state index >= 15 is 0 Å². The van der Waals surface area contributed by atoms with Gasteiger partial charge in [0, 0.05) is 6.04 Å². The second-order valence-electron chi connectivity index (χ2n) is 4.55. The lowest BCUT2D eigenvalue weighted by atomic mass is 10.1. The van der Waals surface area contributed by atoms with Crippen molar-refractivity contribution in [1.82, 2.24) is 20.3 Å². The van der Waals surface area contributed by atoms with Crippen LogP contribution in [-0.2, 0) is 0 Å². The standard InChI is InChI=1S/C13H16N4O/c18-13(11-7-4-8-14-11)12-9-15-16-17(12)10-5-2-1-3-6-10/h1-3,5-6,9,11,13-14,18H,4,7-8H2. The number of hydrogen-bond donors (Lipinski definition) is 2. The van der Waals surface area contributed by atoms with Crippen LogP contribution >= 0.6 is 0 Å². The number of aliphatic hydroxyl groups excluding tert-OH is 1. The highest BCUT2D eigenvalue weighted by Crippen LogP contribution is 2.23. The molecule has 0 spiro atoms. The lowest BCUT2D eigenvalue weighted by molar-refractivity contribution is 0.130. The van der Waals surface area contributed by atoms with Gasteiger partial charge in [0.2, 0.25) is 0 Å². The summed E-state index contributed by atoms with van der Waals surface area (Å²) in [6.45, 7) is 0.967. The zero-order valence-electron chi connectivity index (χ0n) is 10.0. The van der Waals surface area contributed by atoms with Crippen molar-refractivity contribution in [3.05, 3.63) is 42.2 Å². The molecule has 2 aromatic rings. The second kappa shape index (κ2) is 4.88. The van der Waals surface area contributed by atoms with Crippen LogP contribution in [0.2, 0.25) is 0 Å². The maximum absolute atomic E-state index is 10.4. The van der Waals surface area contributed by atoms with E-state index < -0.39 is 6.10 Å². The normalized spacial score (nSPS) is 21.1. The molecular weight excluding hydrogens is 228 g/mol. The lowest BCUT2D eigenvalue weighted by Gasteiger charge is -2.18. The number of aliphatic hydroxyl groups is 1. The number of nitrogens with one attached hydrogen (secondary N) is 1. The number of para-hydroxylation sites is 1. The average Bonchev–Trinajstić information content (AvgIpc) is 3.10. The van der Waals surface area contributed by atoms with E-state index in [1.54, 1.807) is 10.9 Å². The summed E-state index contributed by atoms with van der Waals surface area (Å²) in [6.07, 6.45) is 3.16. The van der Waals surface area contributed by atoms with Crippen molar-refractivity contribution in [3.63, 3.8) is 0 Å². The van der Waals surface area contributed by atoms with Gasteiger partial charge in [0.05, 0.1) is 17.6 Å². The number of aromatic nitrogens is 3. The van der Waals surface area contributed by atoms with Crippen molar-refractivity contribution >= 4 is 0 Å². The molecule has 94 valence electrons. The summed E-state index contributed by atoms with van der Waals surface area (Å²) < 4.78 is 1.70. The fourth-order valence-corrected chi connectivity index (χ4v) is 2.40. The highest BCUT2D eigenvalue weighted by atomic mass is 16.3. The van der Waals surface area contributed by atoms with Crippen LogP contribution in [0.5, 0.6) is 0 Å². The first-order chi connectivity index (χ1) is 8.86. The molecule has 1 aromatic heterocycles.